The van der Waals surface area contributed by atoms with Gasteiger partial charge in [0.25, 0.3) is 5.56 Å². The molecule has 16 heavy (non-hydrogen) atoms. The van der Waals surface area contributed by atoms with Gasteiger partial charge in [0.2, 0.25) is 0 Å². The van der Waals surface area contributed by atoms with Gasteiger partial charge in [0, 0.05) is 19.8 Å². The molecule has 2 heterocycles. The van der Waals surface area contributed by atoms with Gasteiger partial charge in [-0.25, -0.2) is 4.79 Å². The van der Waals surface area contributed by atoms with E-state index in [-0.39, 0.29) is 11.2 Å². The smallest absolute Gasteiger partial charge is 0.294 e. The first-order valence-electron chi connectivity index (χ1n) is 4.97. The summed E-state index contributed by atoms with van der Waals surface area (Å²) in [5.41, 5.74) is 1.49. The molecule has 0 radical (unpaired) electrons. The quantitative estimate of drug-likeness (QED) is 0.638. The molecule has 2 aromatic heterocycles. The molecule has 0 aliphatic carbocycles. The second-order valence-electron chi connectivity index (χ2n) is 3.95. The van der Waals surface area contributed by atoms with Gasteiger partial charge < -0.3 is 0 Å². The maximum Gasteiger partial charge on any atom is 0.330 e. The monoisotopic (exact) mass is 219 g/mol. The van der Waals surface area contributed by atoms with E-state index >= 15 is 0 Å². The minimum atomic E-state index is -0.328. The number of rotatable bonds is 0. The van der Waals surface area contributed by atoms with Crippen molar-refractivity contribution in [3.05, 3.63) is 38.3 Å². The molecule has 0 amide bonds. The summed E-state index contributed by atoms with van der Waals surface area (Å²) < 4.78 is 2.57. The molecule has 0 atom stereocenters. The van der Waals surface area contributed by atoms with Crippen LogP contribution in [0.3, 0.4) is 0 Å². The van der Waals surface area contributed by atoms with Crippen molar-refractivity contribution >= 4 is 10.9 Å². The summed E-state index contributed by atoms with van der Waals surface area (Å²) in [7, 11) is 3.13. The lowest BCUT2D eigenvalue weighted by molar-refractivity contribution is 0.710. The molecular formula is C11H13N3O2. The maximum atomic E-state index is 11.9. The molecule has 0 fully saturated rings. The Morgan fingerprint density at radius 1 is 1.12 bits per heavy atom. The molecule has 0 aliphatic heterocycles. The van der Waals surface area contributed by atoms with Crippen molar-refractivity contribution in [1.29, 1.82) is 0 Å². The average Bonchev–Trinajstić information content (AvgIpc) is 2.22. The van der Waals surface area contributed by atoms with Gasteiger partial charge in [-0.1, -0.05) is 0 Å². The number of aryl methyl sites for hydroxylation is 3. The van der Waals surface area contributed by atoms with E-state index in [1.807, 2.05) is 6.92 Å². The maximum absolute atomic E-state index is 11.9. The van der Waals surface area contributed by atoms with Crippen LogP contribution in [-0.4, -0.2) is 14.1 Å². The van der Waals surface area contributed by atoms with Gasteiger partial charge in [-0.15, -0.1) is 0 Å². The molecule has 0 N–H and O–H groups in total. The minimum absolute atomic E-state index is 0.272. The fraction of sp³-hybridized carbons (Fsp3) is 0.364. The molecule has 0 spiro atoms. The van der Waals surface area contributed by atoms with Crippen molar-refractivity contribution in [2.75, 3.05) is 0 Å². The number of pyridine rings is 1. The van der Waals surface area contributed by atoms with E-state index in [4.69, 9.17) is 0 Å². The molecule has 0 aliphatic rings. The third-order valence-corrected chi connectivity index (χ3v) is 2.74. The van der Waals surface area contributed by atoms with Crippen molar-refractivity contribution in [2.24, 2.45) is 14.1 Å². The number of nitrogens with zero attached hydrogens (tertiary/aromatic N) is 3. The average molecular weight is 219 g/mol. The van der Waals surface area contributed by atoms with Gasteiger partial charge in [0.1, 0.15) is 0 Å². The van der Waals surface area contributed by atoms with Gasteiger partial charge in [-0.3, -0.25) is 18.9 Å². The van der Waals surface area contributed by atoms with Crippen LogP contribution in [0.15, 0.2) is 15.7 Å². The Kier molecular flexibility index (Phi) is 2.18. The van der Waals surface area contributed by atoms with Crippen LogP contribution in [-0.2, 0) is 14.1 Å². The van der Waals surface area contributed by atoms with Crippen LogP contribution in [0, 0.1) is 13.8 Å². The number of fused-ring (bicyclic) bond motifs is 1. The SMILES string of the molecule is Cc1cc2c(=O)n(C)c(=O)n(C)c2c(C)n1. The van der Waals surface area contributed by atoms with Crippen molar-refractivity contribution in [2.45, 2.75) is 13.8 Å². The third-order valence-electron chi connectivity index (χ3n) is 2.74. The molecule has 0 saturated carbocycles. The molecule has 2 aromatic rings. The summed E-state index contributed by atoms with van der Waals surface area (Å²) in [6, 6.07) is 1.71. The predicted molar refractivity (Wildman–Crippen MR) is 61.7 cm³/mol. The van der Waals surface area contributed by atoms with Crippen LogP contribution in [0.1, 0.15) is 11.4 Å². The van der Waals surface area contributed by atoms with E-state index in [0.717, 1.165) is 10.3 Å². The van der Waals surface area contributed by atoms with E-state index < -0.39 is 0 Å². The van der Waals surface area contributed by atoms with Crippen LogP contribution < -0.4 is 11.2 Å². The van der Waals surface area contributed by atoms with Crippen molar-refractivity contribution < 1.29 is 0 Å². The van der Waals surface area contributed by atoms with Crippen LogP contribution in [0.4, 0.5) is 0 Å². The number of hydrogen-bond donors (Lipinski definition) is 0. The fourth-order valence-corrected chi connectivity index (χ4v) is 2.00. The zero-order chi connectivity index (χ0) is 12.0. The molecule has 0 aromatic carbocycles. The molecule has 0 unspecified atom stereocenters. The first-order valence-corrected chi connectivity index (χ1v) is 4.97. The van der Waals surface area contributed by atoms with Crippen LogP contribution >= 0.6 is 0 Å². The Balaban J connectivity index is 3.22. The lowest BCUT2D eigenvalue weighted by Gasteiger charge is -2.09. The first-order chi connectivity index (χ1) is 7.43. The van der Waals surface area contributed by atoms with Gasteiger partial charge in [0.15, 0.2) is 0 Å². The largest absolute Gasteiger partial charge is 0.330 e. The zero-order valence-electron chi connectivity index (χ0n) is 9.74. The topological polar surface area (TPSA) is 56.9 Å². The summed E-state index contributed by atoms with van der Waals surface area (Å²) in [6.45, 7) is 3.63. The van der Waals surface area contributed by atoms with Crippen molar-refractivity contribution in [1.82, 2.24) is 14.1 Å². The normalized spacial score (nSPS) is 11.0. The van der Waals surface area contributed by atoms with E-state index in [1.165, 1.54) is 11.6 Å². The Morgan fingerprint density at radius 3 is 2.38 bits per heavy atom. The summed E-state index contributed by atoms with van der Waals surface area (Å²) in [5, 5.41) is 0.537. The second-order valence-corrected chi connectivity index (χ2v) is 3.95. The van der Waals surface area contributed by atoms with E-state index in [9.17, 15) is 9.59 Å². The Morgan fingerprint density at radius 2 is 1.75 bits per heavy atom. The molecule has 2 rings (SSSR count). The van der Waals surface area contributed by atoms with E-state index in [2.05, 4.69) is 4.98 Å². The lowest BCUT2D eigenvalue weighted by atomic mass is 10.2. The van der Waals surface area contributed by atoms with Gasteiger partial charge >= 0.3 is 5.69 Å². The molecule has 5 heteroatoms. The Labute approximate surface area is 92.0 Å². The van der Waals surface area contributed by atoms with Crippen LogP contribution in [0.25, 0.3) is 10.9 Å². The molecule has 5 nitrogen and oxygen atoms in total. The standard InChI is InChI=1S/C11H13N3O2/c1-6-5-8-9(7(2)12-6)13(3)11(16)14(4)10(8)15/h5H,1-4H3. The van der Waals surface area contributed by atoms with E-state index in [0.29, 0.717) is 16.6 Å². The first kappa shape index (κ1) is 10.6. The number of aromatic nitrogens is 3. The van der Waals surface area contributed by atoms with Crippen molar-refractivity contribution in [3.8, 4) is 0 Å². The summed E-state index contributed by atoms with van der Waals surface area (Å²) in [5.74, 6) is 0. The Hall–Kier alpha value is -1.91. The van der Waals surface area contributed by atoms with Gasteiger partial charge in [-0.05, 0) is 19.9 Å². The highest BCUT2D eigenvalue weighted by atomic mass is 16.2. The fourth-order valence-electron chi connectivity index (χ4n) is 2.00. The lowest BCUT2D eigenvalue weighted by Crippen LogP contribution is -2.37. The predicted octanol–water partition coefficient (Wildman–Crippen LogP) is 0.249. The molecular weight excluding hydrogens is 206 g/mol. The second kappa shape index (κ2) is 3.30. The Bertz CT molecular complexity index is 695. The zero-order valence-corrected chi connectivity index (χ0v) is 9.74. The minimum Gasteiger partial charge on any atom is -0.294 e. The summed E-state index contributed by atoms with van der Waals surface area (Å²) >= 11 is 0. The van der Waals surface area contributed by atoms with Crippen LogP contribution in [0.2, 0.25) is 0 Å². The van der Waals surface area contributed by atoms with Crippen LogP contribution in [0.5, 0.6) is 0 Å². The third kappa shape index (κ3) is 1.28. The molecule has 0 saturated heterocycles. The van der Waals surface area contributed by atoms with Gasteiger partial charge in [0.05, 0.1) is 16.6 Å². The highest BCUT2D eigenvalue weighted by Crippen LogP contribution is 2.11. The summed E-state index contributed by atoms with van der Waals surface area (Å²) in [4.78, 5) is 27.9. The highest BCUT2D eigenvalue weighted by Gasteiger charge is 2.11. The van der Waals surface area contributed by atoms with E-state index in [1.54, 1.807) is 20.0 Å². The summed E-state index contributed by atoms with van der Waals surface area (Å²) in [6.07, 6.45) is 0. The molecule has 84 valence electrons. The van der Waals surface area contributed by atoms with Crippen molar-refractivity contribution in [3.63, 3.8) is 0 Å². The number of hydrogen-bond acceptors (Lipinski definition) is 3. The molecule has 0 bridgehead atoms. The van der Waals surface area contributed by atoms with Gasteiger partial charge in [-0.2, -0.15) is 0 Å². The highest BCUT2D eigenvalue weighted by molar-refractivity contribution is 5.80.